The van der Waals surface area contributed by atoms with E-state index < -0.39 is 0 Å². The van der Waals surface area contributed by atoms with Gasteiger partial charge < -0.3 is 15.5 Å². The molecule has 4 heteroatoms. The quantitative estimate of drug-likeness (QED) is 0.844. The predicted molar refractivity (Wildman–Crippen MR) is 78.4 cm³/mol. The average molecular weight is 261 g/mol. The van der Waals surface area contributed by atoms with E-state index in [1.165, 1.54) is 38.5 Å². The zero-order valence-electron chi connectivity index (χ0n) is 11.6. The molecule has 0 saturated carbocycles. The topological polar surface area (TPSA) is 44.4 Å². The number of hydrogen-bond donors (Lipinski definition) is 2. The number of piperazine rings is 1. The fourth-order valence-corrected chi connectivity index (χ4v) is 2.40. The number of anilines is 1. The molecule has 0 bridgehead atoms. The standard InChI is InChI=1S/C15H23N3O/c1-13(19)17-15-6-4-14(5-7-15)3-2-10-18-11-8-16-9-12-18/h4-7,16H,2-3,8-12H2,1H3,(H,17,19). The van der Waals surface area contributed by atoms with Crippen LogP contribution in [0.3, 0.4) is 0 Å². The van der Waals surface area contributed by atoms with E-state index in [-0.39, 0.29) is 5.91 Å². The van der Waals surface area contributed by atoms with Crippen molar-refractivity contribution < 1.29 is 4.79 Å². The summed E-state index contributed by atoms with van der Waals surface area (Å²) in [5.74, 6) is -0.0218. The number of benzene rings is 1. The van der Waals surface area contributed by atoms with Gasteiger partial charge in [0.25, 0.3) is 0 Å². The van der Waals surface area contributed by atoms with Gasteiger partial charge in [-0.15, -0.1) is 0 Å². The van der Waals surface area contributed by atoms with Gasteiger partial charge in [-0.3, -0.25) is 4.79 Å². The van der Waals surface area contributed by atoms with E-state index in [0.717, 1.165) is 25.2 Å². The number of aryl methyl sites for hydroxylation is 1. The molecule has 1 aromatic carbocycles. The van der Waals surface area contributed by atoms with Crippen LogP contribution >= 0.6 is 0 Å². The molecular weight excluding hydrogens is 238 g/mol. The minimum Gasteiger partial charge on any atom is -0.326 e. The van der Waals surface area contributed by atoms with E-state index in [1.807, 2.05) is 12.1 Å². The predicted octanol–water partition coefficient (Wildman–Crippen LogP) is 1.48. The molecule has 1 heterocycles. The Bertz CT molecular complexity index is 396. The van der Waals surface area contributed by atoms with Gasteiger partial charge in [0.05, 0.1) is 0 Å². The Morgan fingerprint density at radius 1 is 1.26 bits per heavy atom. The Hall–Kier alpha value is -1.39. The van der Waals surface area contributed by atoms with Crippen molar-refractivity contribution in [3.8, 4) is 0 Å². The monoisotopic (exact) mass is 261 g/mol. The summed E-state index contributed by atoms with van der Waals surface area (Å²) in [7, 11) is 0. The van der Waals surface area contributed by atoms with Crippen LogP contribution in [-0.2, 0) is 11.2 Å². The van der Waals surface area contributed by atoms with Crippen LogP contribution in [0.25, 0.3) is 0 Å². The third kappa shape index (κ3) is 5.01. The molecule has 0 atom stereocenters. The van der Waals surface area contributed by atoms with Crippen molar-refractivity contribution in [1.29, 1.82) is 0 Å². The summed E-state index contributed by atoms with van der Waals surface area (Å²) in [4.78, 5) is 13.4. The van der Waals surface area contributed by atoms with Gasteiger partial charge in [-0.1, -0.05) is 12.1 Å². The lowest BCUT2D eigenvalue weighted by atomic mass is 10.1. The van der Waals surface area contributed by atoms with E-state index >= 15 is 0 Å². The molecule has 104 valence electrons. The zero-order chi connectivity index (χ0) is 13.5. The van der Waals surface area contributed by atoms with Crippen molar-refractivity contribution >= 4 is 11.6 Å². The summed E-state index contributed by atoms with van der Waals surface area (Å²) in [6.07, 6.45) is 2.30. The summed E-state index contributed by atoms with van der Waals surface area (Å²) < 4.78 is 0. The third-order valence-electron chi connectivity index (χ3n) is 3.42. The fourth-order valence-electron chi connectivity index (χ4n) is 2.40. The molecule has 0 unspecified atom stereocenters. The first kappa shape index (κ1) is 14.0. The molecule has 1 aliphatic rings. The largest absolute Gasteiger partial charge is 0.326 e. The van der Waals surface area contributed by atoms with E-state index in [2.05, 4.69) is 27.7 Å². The van der Waals surface area contributed by atoms with Crippen LogP contribution in [0.4, 0.5) is 5.69 Å². The van der Waals surface area contributed by atoms with Crippen molar-refractivity contribution in [2.45, 2.75) is 19.8 Å². The van der Waals surface area contributed by atoms with Crippen molar-refractivity contribution in [1.82, 2.24) is 10.2 Å². The first-order valence-corrected chi connectivity index (χ1v) is 7.03. The summed E-state index contributed by atoms with van der Waals surface area (Å²) in [5.41, 5.74) is 2.21. The highest BCUT2D eigenvalue weighted by atomic mass is 16.1. The summed E-state index contributed by atoms with van der Waals surface area (Å²) in [5, 5.41) is 6.15. The molecule has 2 N–H and O–H groups in total. The Morgan fingerprint density at radius 3 is 2.58 bits per heavy atom. The molecule has 0 aromatic heterocycles. The van der Waals surface area contributed by atoms with Gasteiger partial charge >= 0.3 is 0 Å². The zero-order valence-corrected chi connectivity index (χ0v) is 11.6. The van der Waals surface area contributed by atoms with E-state index in [9.17, 15) is 4.79 Å². The lowest BCUT2D eigenvalue weighted by molar-refractivity contribution is -0.114. The molecule has 1 aromatic rings. The SMILES string of the molecule is CC(=O)Nc1ccc(CCCN2CCNCC2)cc1. The Balaban J connectivity index is 1.71. The lowest BCUT2D eigenvalue weighted by Crippen LogP contribution is -2.43. The van der Waals surface area contributed by atoms with Crippen molar-refractivity contribution in [2.24, 2.45) is 0 Å². The van der Waals surface area contributed by atoms with Gasteiger partial charge in [0.2, 0.25) is 5.91 Å². The van der Waals surface area contributed by atoms with Gasteiger partial charge in [0, 0.05) is 38.8 Å². The molecule has 1 amide bonds. The normalized spacial score (nSPS) is 16.3. The van der Waals surface area contributed by atoms with Crippen molar-refractivity contribution in [3.05, 3.63) is 29.8 Å². The highest BCUT2D eigenvalue weighted by Crippen LogP contribution is 2.11. The van der Waals surface area contributed by atoms with Crippen LogP contribution in [-0.4, -0.2) is 43.5 Å². The van der Waals surface area contributed by atoms with Crippen LogP contribution in [0.5, 0.6) is 0 Å². The molecular formula is C15H23N3O. The second-order valence-corrected chi connectivity index (χ2v) is 5.07. The van der Waals surface area contributed by atoms with Crippen LogP contribution in [0, 0.1) is 0 Å². The molecule has 0 spiro atoms. The number of nitrogens with zero attached hydrogens (tertiary/aromatic N) is 1. The van der Waals surface area contributed by atoms with Gasteiger partial charge in [0.15, 0.2) is 0 Å². The minimum absolute atomic E-state index is 0.0218. The summed E-state index contributed by atoms with van der Waals surface area (Å²) >= 11 is 0. The number of rotatable bonds is 5. The lowest BCUT2D eigenvalue weighted by Gasteiger charge is -2.27. The van der Waals surface area contributed by atoms with Crippen molar-refractivity contribution in [2.75, 3.05) is 38.0 Å². The second-order valence-electron chi connectivity index (χ2n) is 5.07. The average Bonchev–Trinajstić information content (AvgIpc) is 2.41. The molecule has 1 aliphatic heterocycles. The van der Waals surface area contributed by atoms with Gasteiger partial charge in [-0.25, -0.2) is 0 Å². The van der Waals surface area contributed by atoms with Gasteiger partial charge in [-0.2, -0.15) is 0 Å². The minimum atomic E-state index is -0.0218. The molecule has 0 radical (unpaired) electrons. The Morgan fingerprint density at radius 2 is 1.95 bits per heavy atom. The smallest absolute Gasteiger partial charge is 0.221 e. The number of hydrogen-bond acceptors (Lipinski definition) is 3. The first-order chi connectivity index (χ1) is 9.24. The first-order valence-electron chi connectivity index (χ1n) is 7.03. The van der Waals surface area contributed by atoms with Crippen LogP contribution in [0.15, 0.2) is 24.3 Å². The molecule has 4 nitrogen and oxygen atoms in total. The molecule has 2 rings (SSSR count). The van der Waals surface area contributed by atoms with Crippen LogP contribution in [0.2, 0.25) is 0 Å². The second kappa shape index (κ2) is 7.26. The molecule has 1 fully saturated rings. The highest BCUT2D eigenvalue weighted by Gasteiger charge is 2.08. The fraction of sp³-hybridized carbons (Fsp3) is 0.533. The van der Waals surface area contributed by atoms with E-state index in [1.54, 1.807) is 0 Å². The highest BCUT2D eigenvalue weighted by molar-refractivity contribution is 5.88. The molecule has 1 saturated heterocycles. The maximum absolute atomic E-state index is 10.9. The third-order valence-corrected chi connectivity index (χ3v) is 3.42. The van der Waals surface area contributed by atoms with Crippen LogP contribution < -0.4 is 10.6 Å². The van der Waals surface area contributed by atoms with E-state index in [0.29, 0.717) is 0 Å². The van der Waals surface area contributed by atoms with E-state index in [4.69, 9.17) is 0 Å². The number of amides is 1. The Kier molecular flexibility index (Phi) is 5.36. The van der Waals surface area contributed by atoms with Crippen LogP contribution in [0.1, 0.15) is 18.9 Å². The number of carbonyl (C=O) groups excluding carboxylic acids is 1. The summed E-state index contributed by atoms with van der Waals surface area (Å²) in [6, 6.07) is 8.15. The number of carbonyl (C=O) groups is 1. The van der Waals surface area contributed by atoms with Crippen molar-refractivity contribution in [3.63, 3.8) is 0 Å². The maximum Gasteiger partial charge on any atom is 0.221 e. The number of nitrogens with one attached hydrogen (secondary N) is 2. The Labute approximate surface area is 115 Å². The van der Waals surface area contributed by atoms with Gasteiger partial charge in [-0.05, 0) is 37.1 Å². The molecule has 19 heavy (non-hydrogen) atoms. The van der Waals surface area contributed by atoms with Gasteiger partial charge in [0.1, 0.15) is 0 Å². The summed E-state index contributed by atoms with van der Waals surface area (Å²) in [6.45, 7) is 7.27. The molecule has 0 aliphatic carbocycles. The maximum atomic E-state index is 10.9.